The van der Waals surface area contributed by atoms with E-state index in [1.165, 1.54) is 12.8 Å². The normalized spacial score (nSPS) is 16.8. The van der Waals surface area contributed by atoms with Crippen LogP contribution in [-0.2, 0) is 11.2 Å². The summed E-state index contributed by atoms with van der Waals surface area (Å²) in [6, 6.07) is 5.63. The number of likely N-dealkylation sites (N-methyl/N-ethyl adjacent to an activating group) is 1. The maximum absolute atomic E-state index is 12.7. The van der Waals surface area contributed by atoms with Crippen molar-refractivity contribution >= 4 is 29.1 Å². The van der Waals surface area contributed by atoms with Crippen LogP contribution < -0.4 is 0 Å². The monoisotopic (exact) mass is 356 g/mol. The van der Waals surface area contributed by atoms with E-state index in [1.807, 2.05) is 18.0 Å². The van der Waals surface area contributed by atoms with Gasteiger partial charge in [0, 0.05) is 19.6 Å². The molecule has 0 bridgehead atoms. The summed E-state index contributed by atoms with van der Waals surface area (Å²) in [7, 11) is 1.92. The predicted octanol–water partition coefficient (Wildman–Crippen LogP) is 4.11. The summed E-state index contributed by atoms with van der Waals surface area (Å²) < 4.78 is 0. The predicted molar refractivity (Wildman–Crippen MR) is 97.2 cm³/mol. The Hall–Kier alpha value is -0.770. The van der Waals surface area contributed by atoms with Crippen molar-refractivity contribution in [3.63, 3.8) is 0 Å². The fourth-order valence-corrected chi connectivity index (χ4v) is 3.46. The first-order chi connectivity index (χ1) is 10.9. The molecule has 1 aliphatic heterocycles. The Labute approximate surface area is 149 Å². The van der Waals surface area contributed by atoms with Gasteiger partial charge in [-0.05, 0) is 49.5 Å². The van der Waals surface area contributed by atoms with Crippen LogP contribution in [0.25, 0.3) is 0 Å². The van der Waals surface area contributed by atoms with E-state index in [9.17, 15) is 4.79 Å². The summed E-state index contributed by atoms with van der Waals surface area (Å²) in [5.74, 6) is 0.555. The Kier molecular flexibility index (Phi) is 6.75. The molecule has 128 valence electrons. The molecule has 0 radical (unpaired) electrons. The zero-order valence-electron chi connectivity index (χ0n) is 14.2. The number of rotatable bonds is 6. The lowest BCUT2D eigenvalue weighted by Gasteiger charge is -2.34. The van der Waals surface area contributed by atoms with Crippen molar-refractivity contribution in [1.82, 2.24) is 9.80 Å². The standard InChI is InChI=1S/C18H26Cl2N2O/c1-13(2)17(12-22-8-4-5-9-22)21(3)18(23)11-14-6-7-15(19)16(20)10-14/h6-7,10,13,17H,4-5,8-9,11-12H2,1-3H3/t17-/m1/s1. The Morgan fingerprint density at radius 1 is 1.22 bits per heavy atom. The molecule has 5 heteroatoms. The van der Waals surface area contributed by atoms with Gasteiger partial charge in [0.2, 0.25) is 5.91 Å². The van der Waals surface area contributed by atoms with Gasteiger partial charge in [-0.2, -0.15) is 0 Å². The quantitative estimate of drug-likeness (QED) is 0.765. The first-order valence-electron chi connectivity index (χ1n) is 8.30. The van der Waals surface area contributed by atoms with E-state index in [4.69, 9.17) is 23.2 Å². The van der Waals surface area contributed by atoms with Crippen LogP contribution in [0.3, 0.4) is 0 Å². The number of hydrogen-bond acceptors (Lipinski definition) is 2. The second-order valence-corrected chi connectivity index (χ2v) is 7.56. The van der Waals surface area contributed by atoms with Crippen molar-refractivity contribution in [1.29, 1.82) is 0 Å². The van der Waals surface area contributed by atoms with Gasteiger partial charge in [0.15, 0.2) is 0 Å². The molecule has 0 N–H and O–H groups in total. The number of hydrogen-bond donors (Lipinski definition) is 0. The van der Waals surface area contributed by atoms with Crippen LogP contribution in [0.4, 0.5) is 0 Å². The number of carbonyl (C=O) groups is 1. The lowest BCUT2D eigenvalue weighted by atomic mass is 10.0. The van der Waals surface area contributed by atoms with E-state index in [-0.39, 0.29) is 11.9 Å². The van der Waals surface area contributed by atoms with Crippen molar-refractivity contribution < 1.29 is 4.79 Å². The van der Waals surface area contributed by atoms with Crippen LogP contribution in [0.2, 0.25) is 10.0 Å². The van der Waals surface area contributed by atoms with Crippen LogP contribution in [0.5, 0.6) is 0 Å². The molecule has 1 fully saturated rings. The lowest BCUT2D eigenvalue weighted by molar-refractivity contribution is -0.132. The molecule has 1 aromatic rings. The molecule has 0 saturated carbocycles. The summed E-state index contributed by atoms with van der Waals surface area (Å²) in [6.45, 7) is 7.63. The number of likely N-dealkylation sites (tertiary alicyclic amines) is 1. The largest absolute Gasteiger partial charge is 0.341 e. The second-order valence-electron chi connectivity index (χ2n) is 6.75. The Morgan fingerprint density at radius 2 is 1.87 bits per heavy atom. The third-order valence-corrected chi connectivity index (χ3v) is 5.38. The van der Waals surface area contributed by atoms with Gasteiger partial charge in [-0.25, -0.2) is 0 Å². The van der Waals surface area contributed by atoms with E-state index in [0.29, 0.717) is 22.4 Å². The van der Waals surface area contributed by atoms with Gasteiger partial charge in [-0.1, -0.05) is 43.1 Å². The highest BCUT2D eigenvalue weighted by Crippen LogP contribution is 2.23. The summed E-state index contributed by atoms with van der Waals surface area (Å²) in [4.78, 5) is 17.0. The highest BCUT2D eigenvalue weighted by atomic mass is 35.5. The molecule has 23 heavy (non-hydrogen) atoms. The Bertz CT molecular complexity index is 542. The average Bonchev–Trinajstić information content (AvgIpc) is 3.00. The number of benzene rings is 1. The van der Waals surface area contributed by atoms with Crippen molar-refractivity contribution in [3.8, 4) is 0 Å². The lowest BCUT2D eigenvalue weighted by Crippen LogP contribution is -2.47. The number of halogens is 2. The zero-order chi connectivity index (χ0) is 17.0. The van der Waals surface area contributed by atoms with Crippen LogP contribution in [-0.4, -0.2) is 48.4 Å². The molecule has 1 saturated heterocycles. The molecule has 1 heterocycles. The minimum atomic E-state index is 0.126. The van der Waals surface area contributed by atoms with Crippen LogP contribution in [0.1, 0.15) is 32.3 Å². The molecule has 1 aliphatic rings. The first-order valence-corrected chi connectivity index (χ1v) is 9.06. The van der Waals surface area contributed by atoms with E-state index in [1.54, 1.807) is 12.1 Å². The third-order valence-electron chi connectivity index (χ3n) is 4.64. The van der Waals surface area contributed by atoms with Crippen LogP contribution in [0, 0.1) is 5.92 Å². The topological polar surface area (TPSA) is 23.6 Å². The summed E-state index contributed by atoms with van der Waals surface area (Å²) in [6.07, 6.45) is 2.90. The molecular weight excluding hydrogens is 331 g/mol. The number of carbonyl (C=O) groups excluding carboxylic acids is 1. The fraction of sp³-hybridized carbons (Fsp3) is 0.611. The van der Waals surface area contributed by atoms with Crippen LogP contribution >= 0.6 is 23.2 Å². The first kappa shape index (κ1) is 18.6. The minimum absolute atomic E-state index is 0.126. The van der Waals surface area contributed by atoms with Gasteiger partial charge >= 0.3 is 0 Å². The van der Waals surface area contributed by atoms with Gasteiger partial charge in [-0.3, -0.25) is 4.79 Å². The summed E-state index contributed by atoms with van der Waals surface area (Å²) in [5.41, 5.74) is 0.903. The second kappa shape index (κ2) is 8.36. The smallest absolute Gasteiger partial charge is 0.227 e. The Balaban J connectivity index is 2.01. The molecule has 0 unspecified atom stereocenters. The van der Waals surface area contributed by atoms with Gasteiger partial charge in [0.25, 0.3) is 0 Å². The molecule has 1 amide bonds. The maximum Gasteiger partial charge on any atom is 0.227 e. The molecule has 0 spiro atoms. The van der Waals surface area contributed by atoms with Crippen molar-refractivity contribution in [2.45, 2.75) is 39.2 Å². The summed E-state index contributed by atoms with van der Waals surface area (Å²) >= 11 is 12.0. The molecule has 1 aromatic carbocycles. The van der Waals surface area contributed by atoms with E-state index < -0.39 is 0 Å². The fourth-order valence-electron chi connectivity index (χ4n) is 3.14. The molecule has 1 atom stereocenters. The molecular formula is C18H26Cl2N2O. The third kappa shape index (κ3) is 5.10. The van der Waals surface area contributed by atoms with E-state index in [0.717, 1.165) is 25.2 Å². The summed E-state index contributed by atoms with van der Waals surface area (Å²) in [5, 5.41) is 1.02. The SMILES string of the molecule is CC(C)[C@@H](CN1CCCC1)N(C)C(=O)Cc1ccc(Cl)c(Cl)c1. The molecule has 3 nitrogen and oxygen atoms in total. The highest BCUT2D eigenvalue weighted by molar-refractivity contribution is 6.42. The van der Waals surface area contributed by atoms with Crippen molar-refractivity contribution in [3.05, 3.63) is 33.8 Å². The van der Waals surface area contributed by atoms with E-state index >= 15 is 0 Å². The highest BCUT2D eigenvalue weighted by Gasteiger charge is 2.26. The van der Waals surface area contributed by atoms with E-state index in [2.05, 4.69) is 18.7 Å². The van der Waals surface area contributed by atoms with Crippen LogP contribution in [0.15, 0.2) is 18.2 Å². The van der Waals surface area contributed by atoms with Gasteiger partial charge in [-0.15, -0.1) is 0 Å². The zero-order valence-corrected chi connectivity index (χ0v) is 15.7. The van der Waals surface area contributed by atoms with Crippen molar-refractivity contribution in [2.75, 3.05) is 26.7 Å². The molecule has 0 aromatic heterocycles. The molecule has 0 aliphatic carbocycles. The number of amides is 1. The number of nitrogens with zero attached hydrogens (tertiary/aromatic N) is 2. The van der Waals surface area contributed by atoms with Gasteiger partial charge in [0.1, 0.15) is 0 Å². The van der Waals surface area contributed by atoms with Gasteiger partial charge < -0.3 is 9.80 Å². The van der Waals surface area contributed by atoms with Crippen molar-refractivity contribution in [2.24, 2.45) is 5.92 Å². The van der Waals surface area contributed by atoms with Gasteiger partial charge in [0.05, 0.1) is 16.5 Å². The maximum atomic E-state index is 12.7. The Morgan fingerprint density at radius 3 is 2.43 bits per heavy atom. The molecule has 2 rings (SSSR count). The minimum Gasteiger partial charge on any atom is -0.341 e. The average molecular weight is 357 g/mol.